The number of piperazine rings is 1. The zero-order valence-electron chi connectivity index (χ0n) is 8.29. The van der Waals surface area contributed by atoms with Crippen molar-refractivity contribution in [2.75, 3.05) is 20.1 Å². The van der Waals surface area contributed by atoms with Crippen LogP contribution in [0.4, 0.5) is 0 Å². The van der Waals surface area contributed by atoms with Crippen molar-refractivity contribution in [3.63, 3.8) is 0 Å². The normalized spacial score (nSPS) is 30.3. The Kier molecular flexibility index (Phi) is 3.69. The van der Waals surface area contributed by atoms with Crippen molar-refractivity contribution in [3.05, 3.63) is 0 Å². The first kappa shape index (κ1) is 10.5. The molecule has 76 valence electrons. The Morgan fingerprint density at radius 3 is 2.92 bits per heavy atom. The molecular weight excluding hydrogens is 168 g/mol. The van der Waals surface area contributed by atoms with Crippen LogP contribution in [0.15, 0.2) is 0 Å². The first-order chi connectivity index (χ1) is 6.09. The topological polar surface area (TPSA) is 52.6 Å². The number of hydrogen-bond donors (Lipinski definition) is 2. The Morgan fingerprint density at radius 2 is 2.38 bits per heavy atom. The second-order valence-electron chi connectivity index (χ2n) is 3.83. The summed E-state index contributed by atoms with van der Waals surface area (Å²) in [5, 5.41) is 11.9. The summed E-state index contributed by atoms with van der Waals surface area (Å²) in [7, 11) is 2.08. The van der Waals surface area contributed by atoms with Crippen molar-refractivity contribution >= 4 is 5.97 Å². The minimum Gasteiger partial charge on any atom is -0.481 e. The van der Waals surface area contributed by atoms with E-state index in [-0.39, 0.29) is 6.42 Å². The molecule has 1 heterocycles. The van der Waals surface area contributed by atoms with Crippen molar-refractivity contribution in [2.45, 2.75) is 31.8 Å². The highest BCUT2D eigenvalue weighted by Gasteiger charge is 2.21. The van der Waals surface area contributed by atoms with E-state index in [9.17, 15) is 4.79 Å². The molecule has 1 saturated heterocycles. The molecule has 1 rings (SSSR count). The minimum atomic E-state index is -0.705. The van der Waals surface area contributed by atoms with E-state index in [4.69, 9.17) is 5.11 Å². The number of likely N-dealkylation sites (N-methyl/N-ethyl adjacent to an activating group) is 1. The van der Waals surface area contributed by atoms with E-state index >= 15 is 0 Å². The van der Waals surface area contributed by atoms with Crippen LogP contribution in [-0.2, 0) is 4.79 Å². The molecule has 13 heavy (non-hydrogen) atoms. The molecule has 2 atom stereocenters. The average molecular weight is 186 g/mol. The maximum Gasteiger partial charge on any atom is 0.303 e. The van der Waals surface area contributed by atoms with Gasteiger partial charge in [-0.3, -0.25) is 4.79 Å². The van der Waals surface area contributed by atoms with Crippen LogP contribution in [0.25, 0.3) is 0 Å². The molecule has 0 saturated carbocycles. The summed E-state index contributed by atoms with van der Waals surface area (Å²) < 4.78 is 0. The molecule has 1 aliphatic rings. The lowest BCUT2D eigenvalue weighted by molar-refractivity contribution is -0.137. The van der Waals surface area contributed by atoms with E-state index < -0.39 is 5.97 Å². The van der Waals surface area contributed by atoms with Gasteiger partial charge in [-0.1, -0.05) is 0 Å². The largest absolute Gasteiger partial charge is 0.481 e. The summed E-state index contributed by atoms with van der Waals surface area (Å²) in [6.45, 7) is 4.08. The van der Waals surface area contributed by atoms with Gasteiger partial charge in [-0.05, 0) is 20.4 Å². The lowest BCUT2D eigenvalue weighted by atomic mass is 10.1. The molecule has 2 N–H and O–H groups in total. The van der Waals surface area contributed by atoms with Gasteiger partial charge < -0.3 is 15.3 Å². The van der Waals surface area contributed by atoms with Gasteiger partial charge in [0.15, 0.2) is 0 Å². The van der Waals surface area contributed by atoms with Crippen molar-refractivity contribution in [1.29, 1.82) is 0 Å². The smallest absolute Gasteiger partial charge is 0.303 e. The highest BCUT2D eigenvalue weighted by Crippen LogP contribution is 2.07. The molecule has 0 radical (unpaired) electrons. The molecule has 1 aliphatic heterocycles. The number of carboxylic acid groups (broad SMARTS) is 1. The summed E-state index contributed by atoms with van der Waals surface area (Å²) >= 11 is 0. The van der Waals surface area contributed by atoms with Gasteiger partial charge >= 0.3 is 5.97 Å². The first-order valence-electron chi connectivity index (χ1n) is 4.75. The van der Waals surface area contributed by atoms with Crippen LogP contribution >= 0.6 is 0 Å². The standard InChI is InChI=1S/C9H18N2O2/c1-7-5-10-8(6-11(7)2)3-4-9(12)13/h7-8,10H,3-6H2,1-2H3,(H,12,13). The minimum absolute atomic E-state index is 0.264. The van der Waals surface area contributed by atoms with Gasteiger partial charge in [0.25, 0.3) is 0 Å². The summed E-state index contributed by atoms with van der Waals surface area (Å²) in [4.78, 5) is 12.6. The second kappa shape index (κ2) is 4.58. The lowest BCUT2D eigenvalue weighted by Crippen LogP contribution is -2.53. The molecular formula is C9H18N2O2. The molecule has 2 unspecified atom stereocenters. The molecule has 0 aliphatic carbocycles. The number of aliphatic carboxylic acids is 1. The number of carbonyl (C=O) groups is 1. The van der Waals surface area contributed by atoms with E-state index in [0.29, 0.717) is 12.1 Å². The van der Waals surface area contributed by atoms with Gasteiger partial charge in [0.05, 0.1) is 0 Å². The Hall–Kier alpha value is -0.610. The van der Waals surface area contributed by atoms with Crippen LogP contribution < -0.4 is 5.32 Å². The molecule has 1 fully saturated rings. The highest BCUT2D eigenvalue weighted by molar-refractivity contribution is 5.66. The van der Waals surface area contributed by atoms with Gasteiger partial charge in [0, 0.05) is 31.6 Å². The third kappa shape index (κ3) is 3.32. The van der Waals surface area contributed by atoms with Crippen LogP contribution in [0.2, 0.25) is 0 Å². The van der Waals surface area contributed by atoms with Crippen LogP contribution in [0.1, 0.15) is 19.8 Å². The summed E-state index contributed by atoms with van der Waals surface area (Å²) in [6, 6.07) is 0.901. The summed E-state index contributed by atoms with van der Waals surface area (Å²) in [5.74, 6) is -0.705. The fourth-order valence-corrected chi connectivity index (χ4v) is 1.58. The maximum absolute atomic E-state index is 10.3. The van der Waals surface area contributed by atoms with Crippen LogP contribution in [0.3, 0.4) is 0 Å². The van der Waals surface area contributed by atoms with Gasteiger partial charge in [-0.25, -0.2) is 0 Å². The quantitative estimate of drug-likeness (QED) is 0.658. The summed E-state index contributed by atoms with van der Waals surface area (Å²) in [6.07, 6.45) is 0.992. The number of nitrogens with one attached hydrogen (secondary N) is 1. The molecule has 0 spiro atoms. The Bertz CT molecular complexity index is 184. The first-order valence-corrected chi connectivity index (χ1v) is 4.75. The molecule has 0 aromatic rings. The fourth-order valence-electron chi connectivity index (χ4n) is 1.58. The fraction of sp³-hybridized carbons (Fsp3) is 0.889. The zero-order chi connectivity index (χ0) is 9.84. The van der Waals surface area contributed by atoms with Crippen molar-refractivity contribution in [1.82, 2.24) is 10.2 Å². The number of hydrogen-bond acceptors (Lipinski definition) is 3. The highest BCUT2D eigenvalue weighted by atomic mass is 16.4. The monoisotopic (exact) mass is 186 g/mol. The molecule has 0 amide bonds. The SMILES string of the molecule is CC1CNC(CCC(=O)O)CN1C. The Balaban J connectivity index is 2.25. The number of rotatable bonds is 3. The van der Waals surface area contributed by atoms with Gasteiger partial charge in [0.2, 0.25) is 0 Å². The Morgan fingerprint density at radius 1 is 1.69 bits per heavy atom. The van der Waals surface area contributed by atoms with Crippen LogP contribution in [0.5, 0.6) is 0 Å². The zero-order valence-corrected chi connectivity index (χ0v) is 8.29. The third-order valence-electron chi connectivity index (χ3n) is 2.67. The van der Waals surface area contributed by atoms with E-state index in [2.05, 4.69) is 24.2 Å². The van der Waals surface area contributed by atoms with E-state index in [0.717, 1.165) is 19.5 Å². The van der Waals surface area contributed by atoms with Gasteiger partial charge in [-0.15, -0.1) is 0 Å². The molecule has 0 aromatic carbocycles. The number of carboxylic acids is 1. The van der Waals surface area contributed by atoms with Crippen molar-refractivity contribution in [3.8, 4) is 0 Å². The maximum atomic E-state index is 10.3. The van der Waals surface area contributed by atoms with Gasteiger partial charge in [-0.2, -0.15) is 0 Å². The molecule has 0 aromatic heterocycles. The molecule has 4 heteroatoms. The number of nitrogens with zero attached hydrogens (tertiary/aromatic N) is 1. The molecule has 0 bridgehead atoms. The average Bonchev–Trinajstić information content (AvgIpc) is 2.07. The third-order valence-corrected chi connectivity index (χ3v) is 2.67. The van der Waals surface area contributed by atoms with Crippen LogP contribution in [0, 0.1) is 0 Å². The van der Waals surface area contributed by atoms with Crippen molar-refractivity contribution in [2.24, 2.45) is 0 Å². The van der Waals surface area contributed by atoms with E-state index in [1.165, 1.54) is 0 Å². The predicted molar refractivity (Wildman–Crippen MR) is 50.8 cm³/mol. The van der Waals surface area contributed by atoms with Crippen LogP contribution in [-0.4, -0.2) is 48.2 Å². The van der Waals surface area contributed by atoms with E-state index in [1.54, 1.807) is 0 Å². The van der Waals surface area contributed by atoms with Crippen molar-refractivity contribution < 1.29 is 9.90 Å². The lowest BCUT2D eigenvalue weighted by Gasteiger charge is -2.36. The van der Waals surface area contributed by atoms with E-state index in [1.807, 2.05) is 0 Å². The predicted octanol–water partition coefficient (Wildman–Crippen LogP) is 0.143. The summed E-state index contributed by atoms with van der Waals surface area (Å²) in [5.41, 5.74) is 0. The second-order valence-corrected chi connectivity index (χ2v) is 3.83. The Labute approximate surface area is 78.9 Å². The molecule has 4 nitrogen and oxygen atoms in total. The van der Waals surface area contributed by atoms with Gasteiger partial charge in [0.1, 0.15) is 0 Å².